The third-order valence-electron chi connectivity index (χ3n) is 5.33. The molecule has 2 N–H and O–H groups in total. The zero-order valence-corrected chi connectivity index (χ0v) is 16.3. The maximum atomic E-state index is 12.9. The zero-order valence-electron chi connectivity index (χ0n) is 15.5. The first-order chi connectivity index (χ1) is 13.7. The van der Waals surface area contributed by atoms with Crippen LogP contribution in [0.3, 0.4) is 0 Å². The van der Waals surface area contributed by atoms with Gasteiger partial charge in [0.1, 0.15) is 11.2 Å². The van der Waals surface area contributed by atoms with E-state index >= 15 is 0 Å². The minimum Gasteiger partial charge on any atom is -0.337 e. The van der Waals surface area contributed by atoms with E-state index in [4.69, 9.17) is 0 Å². The summed E-state index contributed by atoms with van der Waals surface area (Å²) in [6.45, 7) is 3.88. The molecule has 1 amide bonds. The molecule has 0 aliphatic carbocycles. The van der Waals surface area contributed by atoms with Crippen molar-refractivity contribution in [3.05, 3.63) is 42.2 Å². The highest BCUT2D eigenvalue weighted by Crippen LogP contribution is 2.30. The summed E-state index contributed by atoms with van der Waals surface area (Å²) >= 11 is 1.36. The van der Waals surface area contributed by atoms with Gasteiger partial charge in [-0.1, -0.05) is 6.92 Å². The van der Waals surface area contributed by atoms with Gasteiger partial charge in [-0.25, -0.2) is 0 Å². The summed E-state index contributed by atoms with van der Waals surface area (Å²) in [5, 5.41) is 11.5. The van der Waals surface area contributed by atoms with Gasteiger partial charge in [-0.15, -0.1) is 0 Å². The average molecular weight is 392 g/mol. The first kappa shape index (κ1) is 17.1. The molecule has 1 fully saturated rings. The molecule has 0 saturated carbocycles. The van der Waals surface area contributed by atoms with Gasteiger partial charge in [0.15, 0.2) is 5.82 Å². The summed E-state index contributed by atoms with van der Waals surface area (Å²) < 4.78 is 5.44. The molecular formula is C20H20N6OS. The minimum atomic E-state index is 0.0429. The van der Waals surface area contributed by atoms with E-state index in [1.165, 1.54) is 11.5 Å². The summed E-state index contributed by atoms with van der Waals surface area (Å²) in [4.78, 5) is 19.2. The number of benzene rings is 1. The fourth-order valence-electron chi connectivity index (χ4n) is 3.61. The Bertz CT molecular complexity index is 1160. The second kappa shape index (κ2) is 6.87. The molecule has 0 spiro atoms. The van der Waals surface area contributed by atoms with Crippen molar-refractivity contribution in [2.45, 2.75) is 19.8 Å². The molecule has 1 aliphatic heterocycles. The molecule has 0 radical (unpaired) electrons. The number of likely N-dealkylation sites (tertiary alicyclic amines) is 1. The van der Waals surface area contributed by atoms with Crippen LogP contribution in [0.4, 0.5) is 11.5 Å². The number of rotatable bonds is 3. The van der Waals surface area contributed by atoms with Crippen LogP contribution in [-0.4, -0.2) is 43.5 Å². The number of hydrogen-bond acceptors (Lipinski definition) is 6. The van der Waals surface area contributed by atoms with Crippen molar-refractivity contribution in [2.75, 3.05) is 18.4 Å². The van der Waals surface area contributed by atoms with Crippen LogP contribution in [0.2, 0.25) is 0 Å². The molecule has 0 unspecified atom stereocenters. The molecule has 28 heavy (non-hydrogen) atoms. The fourth-order valence-corrected chi connectivity index (χ4v) is 4.42. The second-order valence-electron chi connectivity index (χ2n) is 7.31. The van der Waals surface area contributed by atoms with Gasteiger partial charge in [-0.05, 0) is 60.6 Å². The number of carbonyl (C=O) groups excluding carboxylic acids is 1. The average Bonchev–Trinajstić information content (AvgIpc) is 3.32. The first-order valence-electron chi connectivity index (χ1n) is 9.44. The fraction of sp³-hybridized carbons (Fsp3) is 0.300. The van der Waals surface area contributed by atoms with Crippen LogP contribution < -0.4 is 5.32 Å². The molecule has 4 heterocycles. The number of fused-ring (bicyclic) bond motifs is 2. The number of carbonyl (C=O) groups is 1. The summed E-state index contributed by atoms with van der Waals surface area (Å²) in [5.74, 6) is 1.41. The number of H-pyrrole nitrogens is 1. The molecule has 0 bridgehead atoms. The normalized spacial score (nSPS) is 15.4. The third kappa shape index (κ3) is 2.99. The lowest BCUT2D eigenvalue weighted by atomic mass is 9.99. The van der Waals surface area contributed by atoms with E-state index in [0.29, 0.717) is 17.4 Å². The van der Waals surface area contributed by atoms with Crippen LogP contribution in [0.15, 0.2) is 36.5 Å². The Kier molecular flexibility index (Phi) is 4.20. The van der Waals surface area contributed by atoms with Crippen molar-refractivity contribution < 1.29 is 4.79 Å². The van der Waals surface area contributed by atoms with Gasteiger partial charge < -0.3 is 10.2 Å². The summed E-state index contributed by atoms with van der Waals surface area (Å²) in [5.41, 5.74) is 3.13. The number of aromatic amines is 1. The maximum absolute atomic E-state index is 12.9. The van der Waals surface area contributed by atoms with E-state index in [9.17, 15) is 4.79 Å². The molecule has 8 heteroatoms. The van der Waals surface area contributed by atoms with Crippen LogP contribution in [0.5, 0.6) is 0 Å². The smallest absolute Gasteiger partial charge is 0.274 e. The van der Waals surface area contributed by atoms with E-state index in [1.54, 1.807) is 6.20 Å². The third-order valence-corrected chi connectivity index (χ3v) is 6.14. The van der Waals surface area contributed by atoms with Gasteiger partial charge in [-0.2, -0.15) is 9.47 Å². The zero-order chi connectivity index (χ0) is 19.1. The molecule has 1 aliphatic rings. The lowest BCUT2D eigenvalue weighted by molar-refractivity contribution is 0.0694. The number of hydrogen-bond donors (Lipinski definition) is 2. The number of anilines is 2. The highest BCUT2D eigenvalue weighted by Gasteiger charge is 2.24. The van der Waals surface area contributed by atoms with Crippen molar-refractivity contribution in [2.24, 2.45) is 5.92 Å². The Morgan fingerprint density at radius 2 is 2.14 bits per heavy atom. The minimum absolute atomic E-state index is 0.0429. The predicted octanol–water partition coefficient (Wildman–Crippen LogP) is 4.18. The molecule has 5 rings (SSSR count). The quantitative estimate of drug-likeness (QED) is 0.546. The van der Waals surface area contributed by atoms with Crippen molar-refractivity contribution in [3.8, 4) is 0 Å². The number of amides is 1. The largest absolute Gasteiger partial charge is 0.337 e. The molecule has 1 saturated heterocycles. The van der Waals surface area contributed by atoms with Crippen LogP contribution in [0, 0.1) is 5.92 Å². The van der Waals surface area contributed by atoms with Gasteiger partial charge in [0.2, 0.25) is 0 Å². The van der Waals surface area contributed by atoms with Crippen LogP contribution in [0.25, 0.3) is 21.1 Å². The van der Waals surface area contributed by atoms with Gasteiger partial charge in [0.25, 0.3) is 5.91 Å². The van der Waals surface area contributed by atoms with E-state index in [1.807, 2.05) is 35.2 Å². The van der Waals surface area contributed by atoms with E-state index in [-0.39, 0.29) is 5.91 Å². The van der Waals surface area contributed by atoms with Gasteiger partial charge in [0, 0.05) is 30.4 Å². The van der Waals surface area contributed by atoms with Crippen LogP contribution >= 0.6 is 11.5 Å². The Labute approximate surface area is 165 Å². The first-order valence-corrected chi connectivity index (χ1v) is 10.2. The highest BCUT2D eigenvalue weighted by molar-refractivity contribution is 7.13. The number of aromatic nitrogens is 4. The van der Waals surface area contributed by atoms with E-state index < -0.39 is 0 Å². The Hall–Kier alpha value is -3.00. The number of nitrogens with one attached hydrogen (secondary N) is 2. The maximum Gasteiger partial charge on any atom is 0.274 e. The SMILES string of the molecule is CC1CCN(C(=O)c2nsc3cc(Nc4n[nH]c5cccnc45)ccc23)CC1. The Balaban J connectivity index is 1.41. The van der Waals surface area contributed by atoms with E-state index in [0.717, 1.165) is 52.7 Å². The monoisotopic (exact) mass is 392 g/mol. The standard InChI is InChI=1S/C20H20N6OS/c1-12-6-9-26(10-7-12)20(27)17-14-5-4-13(11-16(14)28-25-17)22-19-18-15(23-24-19)3-2-8-21-18/h2-5,8,11-12H,6-7,9-10H2,1H3,(H2,22,23,24). The van der Waals surface area contributed by atoms with Crippen molar-refractivity contribution >= 4 is 50.1 Å². The molecule has 4 aromatic rings. The molecule has 0 atom stereocenters. The summed E-state index contributed by atoms with van der Waals surface area (Å²) in [6.07, 6.45) is 3.87. The van der Waals surface area contributed by atoms with Crippen molar-refractivity contribution in [1.82, 2.24) is 24.5 Å². The predicted molar refractivity (Wildman–Crippen MR) is 111 cm³/mol. The molecule has 1 aromatic carbocycles. The summed E-state index contributed by atoms with van der Waals surface area (Å²) in [7, 11) is 0. The number of nitrogens with zero attached hydrogens (tertiary/aromatic N) is 4. The molecule has 7 nitrogen and oxygen atoms in total. The van der Waals surface area contributed by atoms with Crippen LogP contribution in [0.1, 0.15) is 30.3 Å². The van der Waals surface area contributed by atoms with Gasteiger partial charge in [0.05, 0.1) is 10.2 Å². The topological polar surface area (TPSA) is 86.8 Å². The van der Waals surface area contributed by atoms with Gasteiger partial charge in [-0.3, -0.25) is 14.9 Å². The second-order valence-corrected chi connectivity index (χ2v) is 8.12. The molecule has 142 valence electrons. The molecule has 3 aromatic heterocycles. The van der Waals surface area contributed by atoms with Crippen LogP contribution in [-0.2, 0) is 0 Å². The molecular weight excluding hydrogens is 372 g/mol. The Morgan fingerprint density at radius 1 is 1.29 bits per heavy atom. The van der Waals surface area contributed by atoms with Gasteiger partial charge >= 0.3 is 0 Å². The van der Waals surface area contributed by atoms with Crippen molar-refractivity contribution in [1.29, 1.82) is 0 Å². The number of pyridine rings is 1. The summed E-state index contributed by atoms with van der Waals surface area (Å²) in [6, 6.07) is 9.73. The highest BCUT2D eigenvalue weighted by atomic mass is 32.1. The number of piperidine rings is 1. The van der Waals surface area contributed by atoms with Crippen molar-refractivity contribution in [3.63, 3.8) is 0 Å². The lowest BCUT2D eigenvalue weighted by Crippen LogP contribution is -2.38. The van der Waals surface area contributed by atoms with E-state index in [2.05, 4.69) is 31.8 Å². The Morgan fingerprint density at radius 3 is 3.00 bits per heavy atom. The lowest BCUT2D eigenvalue weighted by Gasteiger charge is -2.29.